The molecular weight excluding hydrogens is 330 g/mol. The second-order valence-corrected chi connectivity index (χ2v) is 6.76. The largest absolute Gasteiger partial charge is 0.487 e. The van der Waals surface area contributed by atoms with Gasteiger partial charge in [-0.05, 0) is 37.6 Å². The number of carbonyl (C=O) groups is 2. The van der Waals surface area contributed by atoms with Gasteiger partial charge in [0.2, 0.25) is 0 Å². The number of ether oxygens (including phenoxy) is 1. The van der Waals surface area contributed by atoms with E-state index in [-0.39, 0.29) is 17.9 Å². The molecule has 26 heavy (non-hydrogen) atoms. The quantitative estimate of drug-likeness (QED) is 0.677. The van der Waals surface area contributed by atoms with Gasteiger partial charge in [0.05, 0.1) is 23.4 Å². The van der Waals surface area contributed by atoms with E-state index < -0.39 is 0 Å². The molecule has 2 aromatic carbocycles. The molecule has 6 nitrogen and oxygen atoms in total. The SMILES string of the molecule is CC1CN(CCCN2C(=O)c3ccccc3C2=O)c2ccc(N)cc2O1. The van der Waals surface area contributed by atoms with Crippen molar-refractivity contribution < 1.29 is 14.3 Å². The number of amides is 2. The molecule has 0 aliphatic carbocycles. The van der Waals surface area contributed by atoms with Crippen LogP contribution < -0.4 is 15.4 Å². The minimum atomic E-state index is -0.200. The number of fused-ring (bicyclic) bond motifs is 2. The molecular formula is C20H21N3O3. The highest BCUT2D eigenvalue weighted by atomic mass is 16.5. The summed E-state index contributed by atoms with van der Waals surface area (Å²) in [4.78, 5) is 28.4. The minimum absolute atomic E-state index is 0.0589. The van der Waals surface area contributed by atoms with Crippen LogP contribution in [-0.2, 0) is 0 Å². The molecule has 134 valence electrons. The molecule has 0 radical (unpaired) electrons. The van der Waals surface area contributed by atoms with E-state index in [2.05, 4.69) is 4.90 Å². The molecule has 1 atom stereocenters. The van der Waals surface area contributed by atoms with Crippen LogP contribution in [-0.4, -0.2) is 42.5 Å². The highest BCUT2D eigenvalue weighted by molar-refractivity contribution is 6.21. The van der Waals surface area contributed by atoms with E-state index in [0.717, 1.165) is 24.5 Å². The molecule has 0 spiro atoms. The maximum absolute atomic E-state index is 12.4. The highest BCUT2D eigenvalue weighted by Gasteiger charge is 2.34. The summed E-state index contributed by atoms with van der Waals surface area (Å²) in [5.41, 5.74) is 8.51. The van der Waals surface area contributed by atoms with Crippen molar-refractivity contribution >= 4 is 23.2 Å². The molecule has 2 amide bonds. The Morgan fingerprint density at radius 2 is 1.77 bits per heavy atom. The van der Waals surface area contributed by atoms with Crippen molar-refractivity contribution in [1.29, 1.82) is 0 Å². The summed E-state index contributed by atoms with van der Waals surface area (Å²) in [6.45, 7) is 3.92. The van der Waals surface area contributed by atoms with Gasteiger partial charge < -0.3 is 15.4 Å². The van der Waals surface area contributed by atoms with Gasteiger partial charge in [-0.25, -0.2) is 0 Å². The predicted octanol–water partition coefficient (Wildman–Crippen LogP) is 2.54. The van der Waals surface area contributed by atoms with Crippen LogP contribution >= 0.6 is 0 Å². The van der Waals surface area contributed by atoms with Crippen LogP contribution in [0.4, 0.5) is 11.4 Å². The maximum atomic E-state index is 12.4. The number of nitrogen functional groups attached to an aromatic ring is 1. The number of hydrogen-bond donors (Lipinski definition) is 1. The van der Waals surface area contributed by atoms with Gasteiger partial charge in [0.25, 0.3) is 11.8 Å². The number of hydrogen-bond acceptors (Lipinski definition) is 5. The third kappa shape index (κ3) is 2.77. The molecule has 2 heterocycles. The number of nitrogens with two attached hydrogens (primary N) is 1. The van der Waals surface area contributed by atoms with Crippen LogP contribution in [0.5, 0.6) is 5.75 Å². The van der Waals surface area contributed by atoms with Crippen molar-refractivity contribution in [2.45, 2.75) is 19.4 Å². The van der Waals surface area contributed by atoms with Gasteiger partial charge in [0, 0.05) is 24.8 Å². The predicted molar refractivity (Wildman–Crippen MR) is 99.6 cm³/mol. The van der Waals surface area contributed by atoms with Crippen LogP contribution in [0.25, 0.3) is 0 Å². The molecule has 6 heteroatoms. The Morgan fingerprint density at radius 1 is 1.08 bits per heavy atom. The van der Waals surface area contributed by atoms with Gasteiger partial charge >= 0.3 is 0 Å². The molecule has 0 bridgehead atoms. The lowest BCUT2D eigenvalue weighted by molar-refractivity contribution is 0.0652. The van der Waals surface area contributed by atoms with Crippen molar-refractivity contribution in [3.8, 4) is 5.75 Å². The van der Waals surface area contributed by atoms with Gasteiger partial charge in [-0.3, -0.25) is 14.5 Å². The van der Waals surface area contributed by atoms with Crippen LogP contribution in [0.15, 0.2) is 42.5 Å². The Bertz CT molecular complexity index is 845. The van der Waals surface area contributed by atoms with E-state index in [9.17, 15) is 9.59 Å². The van der Waals surface area contributed by atoms with E-state index in [0.29, 0.717) is 29.8 Å². The Balaban J connectivity index is 1.43. The first-order chi connectivity index (χ1) is 12.5. The van der Waals surface area contributed by atoms with Crippen LogP contribution in [0.1, 0.15) is 34.1 Å². The van der Waals surface area contributed by atoms with Crippen molar-refractivity contribution in [1.82, 2.24) is 4.90 Å². The van der Waals surface area contributed by atoms with E-state index >= 15 is 0 Å². The van der Waals surface area contributed by atoms with Gasteiger partial charge in [-0.1, -0.05) is 12.1 Å². The van der Waals surface area contributed by atoms with Crippen molar-refractivity contribution in [3.05, 3.63) is 53.6 Å². The smallest absolute Gasteiger partial charge is 0.261 e. The molecule has 2 N–H and O–H groups in total. The fourth-order valence-corrected chi connectivity index (χ4v) is 3.62. The summed E-state index contributed by atoms with van der Waals surface area (Å²) in [5, 5.41) is 0. The Morgan fingerprint density at radius 3 is 2.46 bits per heavy atom. The Kier molecular flexibility index (Phi) is 4.03. The second-order valence-electron chi connectivity index (χ2n) is 6.76. The molecule has 0 saturated carbocycles. The topological polar surface area (TPSA) is 75.9 Å². The van der Waals surface area contributed by atoms with Crippen LogP contribution in [0.2, 0.25) is 0 Å². The van der Waals surface area contributed by atoms with Crippen molar-refractivity contribution in [3.63, 3.8) is 0 Å². The van der Waals surface area contributed by atoms with Crippen molar-refractivity contribution in [2.24, 2.45) is 0 Å². The Hall–Kier alpha value is -3.02. The summed E-state index contributed by atoms with van der Waals surface area (Å²) in [6, 6.07) is 12.6. The fraction of sp³-hybridized carbons (Fsp3) is 0.300. The summed E-state index contributed by atoms with van der Waals surface area (Å²) in [5.74, 6) is 0.382. The number of carbonyl (C=O) groups excluding carboxylic acids is 2. The zero-order valence-corrected chi connectivity index (χ0v) is 14.6. The number of anilines is 2. The lowest BCUT2D eigenvalue weighted by Crippen LogP contribution is -2.40. The second kappa shape index (κ2) is 6.37. The molecule has 1 unspecified atom stereocenters. The standard InChI is InChI=1S/C20H21N3O3/c1-13-12-22(17-8-7-14(21)11-18(17)26-13)9-4-10-23-19(24)15-5-2-3-6-16(15)20(23)25/h2-3,5-8,11,13H,4,9-10,12,21H2,1H3. The number of imide groups is 1. The van der Waals surface area contributed by atoms with Crippen LogP contribution in [0, 0.1) is 0 Å². The first-order valence-corrected chi connectivity index (χ1v) is 8.81. The zero-order valence-electron chi connectivity index (χ0n) is 14.6. The third-order valence-corrected chi connectivity index (χ3v) is 4.82. The molecule has 0 aromatic heterocycles. The maximum Gasteiger partial charge on any atom is 0.261 e. The molecule has 4 rings (SSSR count). The van der Waals surface area contributed by atoms with Crippen molar-refractivity contribution in [2.75, 3.05) is 30.3 Å². The number of rotatable bonds is 4. The average Bonchev–Trinajstić information content (AvgIpc) is 2.86. The van der Waals surface area contributed by atoms with E-state index in [4.69, 9.17) is 10.5 Å². The monoisotopic (exact) mass is 351 g/mol. The lowest BCUT2D eigenvalue weighted by atomic mass is 10.1. The molecule has 0 saturated heterocycles. The van der Waals surface area contributed by atoms with E-state index in [1.54, 1.807) is 24.3 Å². The zero-order chi connectivity index (χ0) is 18.3. The summed E-state index contributed by atoms with van der Waals surface area (Å²) >= 11 is 0. The molecule has 2 aromatic rings. The highest BCUT2D eigenvalue weighted by Crippen LogP contribution is 2.35. The summed E-state index contributed by atoms with van der Waals surface area (Å²) in [7, 11) is 0. The Labute approximate surface area is 152 Å². The molecule has 2 aliphatic rings. The van der Waals surface area contributed by atoms with Gasteiger partial charge in [0.15, 0.2) is 0 Å². The molecule has 0 fully saturated rings. The first kappa shape index (κ1) is 16.4. The van der Waals surface area contributed by atoms with E-state index in [1.165, 1.54) is 4.90 Å². The number of nitrogens with zero attached hydrogens (tertiary/aromatic N) is 2. The normalized spacial score (nSPS) is 18.6. The minimum Gasteiger partial charge on any atom is -0.487 e. The van der Waals surface area contributed by atoms with Gasteiger partial charge in [0.1, 0.15) is 11.9 Å². The van der Waals surface area contributed by atoms with E-state index in [1.807, 2.05) is 25.1 Å². The average molecular weight is 351 g/mol. The summed E-state index contributed by atoms with van der Waals surface area (Å²) in [6.07, 6.45) is 0.755. The van der Waals surface area contributed by atoms with Gasteiger partial charge in [-0.2, -0.15) is 0 Å². The van der Waals surface area contributed by atoms with Gasteiger partial charge in [-0.15, -0.1) is 0 Å². The van der Waals surface area contributed by atoms with Crippen LogP contribution in [0.3, 0.4) is 0 Å². The molecule has 2 aliphatic heterocycles. The first-order valence-electron chi connectivity index (χ1n) is 8.81. The fourth-order valence-electron chi connectivity index (χ4n) is 3.62. The summed E-state index contributed by atoms with van der Waals surface area (Å²) < 4.78 is 5.86. The number of benzene rings is 2. The third-order valence-electron chi connectivity index (χ3n) is 4.82. The lowest BCUT2D eigenvalue weighted by Gasteiger charge is -2.35.